The second kappa shape index (κ2) is 12.8. The van der Waals surface area contributed by atoms with Crippen LogP contribution in [0.1, 0.15) is 38.2 Å². The summed E-state index contributed by atoms with van der Waals surface area (Å²) in [6, 6.07) is 8.35. The number of carbonyl (C=O) groups is 1. The summed E-state index contributed by atoms with van der Waals surface area (Å²) in [5.74, 6) is 1.62. The number of aliphatic imine (C=N–C) groups is 1. The average Bonchev–Trinajstić information content (AvgIpc) is 3.13. The van der Waals surface area contributed by atoms with Crippen molar-refractivity contribution in [3.63, 3.8) is 0 Å². The molecule has 1 aromatic carbocycles. The van der Waals surface area contributed by atoms with Crippen molar-refractivity contribution in [3.05, 3.63) is 29.8 Å². The van der Waals surface area contributed by atoms with Crippen LogP contribution in [0.15, 0.2) is 29.3 Å². The molecule has 0 unspecified atom stereocenters. The van der Waals surface area contributed by atoms with Crippen molar-refractivity contribution >= 4 is 35.8 Å². The lowest BCUT2D eigenvalue weighted by molar-refractivity contribution is -0.127. The van der Waals surface area contributed by atoms with Crippen LogP contribution < -0.4 is 15.4 Å². The summed E-state index contributed by atoms with van der Waals surface area (Å²) in [7, 11) is 3.47. The zero-order valence-electron chi connectivity index (χ0n) is 16.7. The molecule has 1 saturated carbocycles. The topological polar surface area (TPSA) is 66.0 Å². The molecule has 1 aromatic rings. The van der Waals surface area contributed by atoms with Gasteiger partial charge in [-0.2, -0.15) is 0 Å². The van der Waals surface area contributed by atoms with Gasteiger partial charge >= 0.3 is 0 Å². The second-order valence-corrected chi connectivity index (χ2v) is 6.83. The summed E-state index contributed by atoms with van der Waals surface area (Å²) < 4.78 is 6.00. The Kier molecular flexibility index (Phi) is 11.2. The number of carbonyl (C=O) groups excluding carboxylic acids is 1. The fraction of sp³-hybridized carbons (Fsp3) is 0.600. The van der Waals surface area contributed by atoms with E-state index in [-0.39, 0.29) is 36.4 Å². The number of nitrogens with zero attached hydrogens (tertiary/aromatic N) is 2. The van der Waals surface area contributed by atoms with Crippen molar-refractivity contribution in [3.8, 4) is 5.75 Å². The number of ether oxygens (including phenoxy) is 1. The van der Waals surface area contributed by atoms with Gasteiger partial charge in [-0.3, -0.25) is 4.79 Å². The van der Waals surface area contributed by atoms with Gasteiger partial charge in [0.1, 0.15) is 12.3 Å². The van der Waals surface area contributed by atoms with Gasteiger partial charge in [-0.25, -0.2) is 4.99 Å². The van der Waals surface area contributed by atoms with Crippen LogP contribution in [-0.4, -0.2) is 56.6 Å². The minimum absolute atomic E-state index is 0. The standard InChI is InChI=1S/C20H32N4O2.HI/c1-4-21-20(23-15-19(25)24(2)3)22-14-13-16-9-11-18(12-10-16)26-17-7-5-6-8-17;/h9-12,17H,4-8,13-15H2,1-3H3,(H2,21,22,23);1H. The SMILES string of the molecule is CCNC(=NCC(=O)N(C)C)NCCc1ccc(OC2CCCC2)cc1.I. The van der Waals surface area contributed by atoms with Gasteiger partial charge in [0.05, 0.1) is 6.10 Å². The van der Waals surface area contributed by atoms with E-state index in [0.717, 1.165) is 25.3 Å². The highest BCUT2D eigenvalue weighted by Gasteiger charge is 2.16. The molecule has 0 saturated heterocycles. The maximum absolute atomic E-state index is 11.7. The van der Waals surface area contributed by atoms with Crippen LogP contribution in [-0.2, 0) is 11.2 Å². The van der Waals surface area contributed by atoms with Crippen molar-refractivity contribution < 1.29 is 9.53 Å². The predicted molar refractivity (Wildman–Crippen MR) is 121 cm³/mol. The predicted octanol–water partition coefficient (Wildman–Crippen LogP) is 2.81. The minimum Gasteiger partial charge on any atom is -0.490 e. The smallest absolute Gasteiger partial charge is 0.243 e. The van der Waals surface area contributed by atoms with Gasteiger partial charge in [0.2, 0.25) is 5.91 Å². The molecule has 0 heterocycles. The average molecular weight is 488 g/mol. The van der Waals surface area contributed by atoms with Crippen LogP contribution in [0.5, 0.6) is 5.75 Å². The maximum Gasteiger partial charge on any atom is 0.243 e. The van der Waals surface area contributed by atoms with Gasteiger partial charge < -0.3 is 20.3 Å². The second-order valence-electron chi connectivity index (χ2n) is 6.83. The Hall–Kier alpha value is -1.51. The van der Waals surface area contributed by atoms with Crippen LogP contribution in [0.3, 0.4) is 0 Å². The first-order valence-electron chi connectivity index (χ1n) is 9.56. The van der Waals surface area contributed by atoms with Gasteiger partial charge in [-0.15, -0.1) is 24.0 Å². The normalized spacial score (nSPS) is 14.4. The molecule has 1 fully saturated rings. The number of likely N-dealkylation sites (N-methyl/N-ethyl adjacent to an activating group) is 1. The molecule has 0 aliphatic heterocycles. The van der Waals surface area contributed by atoms with E-state index in [2.05, 4.69) is 39.9 Å². The van der Waals surface area contributed by atoms with Crippen molar-refractivity contribution in [2.24, 2.45) is 4.99 Å². The Bertz CT molecular complexity index is 584. The molecule has 152 valence electrons. The largest absolute Gasteiger partial charge is 0.490 e. The third-order valence-electron chi connectivity index (χ3n) is 4.45. The Labute approximate surface area is 180 Å². The zero-order valence-corrected chi connectivity index (χ0v) is 19.0. The Balaban J connectivity index is 0.00000364. The third-order valence-corrected chi connectivity index (χ3v) is 4.45. The number of guanidine groups is 1. The number of hydrogen-bond acceptors (Lipinski definition) is 3. The van der Waals surface area contributed by atoms with E-state index in [9.17, 15) is 4.79 Å². The van der Waals surface area contributed by atoms with E-state index in [1.807, 2.05) is 6.92 Å². The molecule has 7 heteroatoms. The first kappa shape index (κ1) is 23.5. The Morgan fingerprint density at radius 1 is 1.19 bits per heavy atom. The lowest BCUT2D eigenvalue weighted by Crippen LogP contribution is -2.39. The molecule has 2 N–H and O–H groups in total. The van der Waals surface area contributed by atoms with Gasteiger partial charge in [-0.1, -0.05) is 12.1 Å². The molecular formula is C20H33IN4O2. The van der Waals surface area contributed by atoms with E-state index < -0.39 is 0 Å². The summed E-state index contributed by atoms with van der Waals surface area (Å²) in [6.45, 7) is 3.67. The van der Waals surface area contributed by atoms with Crippen LogP contribution in [0.2, 0.25) is 0 Å². The molecule has 27 heavy (non-hydrogen) atoms. The van der Waals surface area contributed by atoms with E-state index in [1.54, 1.807) is 19.0 Å². The molecule has 0 atom stereocenters. The molecule has 1 aliphatic rings. The highest BCUT2D eigenvalue weighted by Crippen LogP contribution is 2.24. The van der Waals surface area contributed by atoms with E-state index in [1.165, 1.54) is 31.2 Å². The van der Waals surface area contributed by atoms with Crippen molar-refractivity contribution in [2.75, 3.05) is 33.7 Å². The van der Waals surface area contributed by atoms with Crippen molar-refractivity contribution in [1.82, 2.24) is 15.5 Å². The van der Waals surface area contributed by atoms with Gasteiger partial charge in [0, 0.05) is 27.2 Å². The molecule has 0 aromatic heterocycles. The highest BCUT2D eigenvalue weighted by atomic mass is 127. The van der Waals surface area contributed by atoms with Crippen molar-refractivity contribution in [2.45, 2.75) is 45.1 Å². The van der Waals surface area contributed by atoms with Gasteiger partial charge in [0.15, 0.2) is 5.96 Å². The third kappa shape index (κ3) is 8.81. The summed E-state index contributed by atoms with van der Waals surface area (Å²) in [6.07, 6.45) is 6.19. The highest BCUT2D eigenvalue weighted by molar-refractivity contribution is 14.0. The van der Waals surface area contributed by atoms with Gasteiger partial charge in [0.25, 0.3) is 0 Å². The molecular weight excluding hydrogens is 455 g/mol. The number of halogens is 1. The minimum atomic E-state index is -0.0138. The lowest BCUT2D eigenvalue weighted by Gasteiger charge is -2.14. The van der Waals surface area contributed by atoms with Crippen LogP contribution in [0, 0.1) is 0 Å². The first-order valence-corrected chi connectivity index (χ1v) is 9.56. The number of nitrogens with one attached hydrogen (secondary N) is 2. The summed E-state index contributed by atoms with van der Waals surface area (Å²) in [5, 5.41) is 6.43. The Morgan fingerprint density at radius 2 is 1.85 bits per heavy atom. The fourth-order valence-electron chi connectivity index (χ4n) is 2.89. The quantitative estimate of drug-likeness (QED) is 0.336. The van der Waals surface area contributed by atoms with Crippen molar-refractivity contribution in [1.29, 1.82) is 0 Å². The van der Waals surface area contributed by atoms with Gasteiger partial charge in [-0.05, 0) is 56.7 Å². The fourth-order valence-corrected chi connectivity index (χ4v) is 2.89. The van der Waals surface area contributed by atoms with E-state index in [4.69, 9.17) is 4.74 Å². The zero-order chi connectivity index (χ0) is 18.8. The molecule has 2 rings (SSSR count). The maximum atomic E-state index is 11.7. The van der Waals surface area contributed by atoms with Crippen LogP contribution in [0.4, 0.5) is 0 Å². The number of benzene rings is 1. The van der Waals surface area contributed by atoms with Crippen LogP contribution in [0.25, 0.3) is 0 Å². The molecule has 6 nitrogen and oxygen atoms in total. The monoisotopic (exact) mass is 488 g/mol. The molecule has 0 spiro atoms. The summed E-state index contributed by atoms with van der Waals surface area (Å²) in [4.78, 5) is 17.5. The number of hydrogen-bond donors (Lipinski definition) is 2. The van der Waals surface area contributed by atoms with E-state index >= 15 is 0 Å². The summed E-state index contributed by atoms with van der Waals surface area (Å²) >= 11 is 0. The molecule has 0 bridgehead atoms. The molecule has 1 aliphatic carbocycles. The van der Waals surface area contributed by atoms with Crippen LogP contribution >= 0.6 is 24.0 Å². The van der Waals surface area contributed by atoms with E-state index in [0.29, 0.717) is 12.1 Å². The summed E-state index contributed by atoms with van der Waals surface area (Å²) in [5.41, 5.74) is 1.25. The molecule has 1 amide bonds. The molecule has 0 radical (unpaired) electrons. The Morgan fingerprint density at radius 3 is 2.44 bits per heavy atom. The lowest BCUT2D eigenvalue weighted by atomic mass is 10.1. The first-order chi connectivity index (χ1) is 12.6. The number of amides is 1. The number of rotatable bonds is 8.